The first-order chi connectivity index (χ1) is 7.88. The highest BCUT2D eigenvalue weighted by atomic mass is 16.3. The molecule has 3 rings (SSSR count). The van der Waals surface area contributed by atoms with E-state index < -0.39 is 0 Å². The fraction of sp³-hybridized carbons (Fsp3) is 0.0909. The van der Waals surface area contributed by atoms with Gasteiger partial charge in [-0.15, -0.1) is 0 Å². The lowest BCUT2D eigenvalue weighted by molar-refractivity contribution is 0.272. The van der Waals surface area contributed by atoms with Crippen molar-refractivity contribution in [1.82, 2.24) is 15.2 Å². The summed E-state index contributed by atoms with van der Waals surface area (Å²) in [7, 11) is 0. The lowest BCUT2D eigenvalue weighted by Crippen LogP contribution is -1.84. The zero-order chi connectivity index (χ0) is 11.0. The number of H-pyrrole nitrogens is 1. The lowest BCUT2D eigenvalue weighted by atomic mass is 10.2. The second-order valence-corrected chi connectivity index (χ2v) is 3.41. The summed E-state index contributed by atoms with van der Waals surface area (Å²) < 4.78 is 5.39. The first-order valence-electron chi connectivity index (χ1n) is 4.87. The van der Waals surface area contributed by atoms with Crippen molar-refractivity contribution in [2.75, 3.05) is 0 Å². The molecule has 5 heteroatoms. The summed E-state index contributed by atoms with van der Waals surface area (Å²) in [5.41, 5.74) is 1.62. The molecule has 0 atom stereocenters. The van der Waals surface area contributed by atoms with Crippen LogP contribution >= 0.6 is 0 Å². The number of fused-ring (bicyclic) bond motifs is 1. The second kappa shape index (κ2) is 3.46. The number of furan rings is 1. The number of aromatic nitrogens is 3. The van der Waals surface area contributed by atoms with Crippen LogP contribution in [0.4, 0.5) is 0 Å². The molecule has 2 heterocycles. The van der Waals surface area contributed by atoms with Crippen molar-refractivity contribution in [3.05, 3.63) is 36.4 Å². The molecular weight excluding hydrogens is 206 g/mol. The molecule has 80 valence electrons. The Bertz CT molecular complexity index is 627. The maximum absolute atomic E-state index is 8.90. The van der Waals surface area contributed by atoms with E-state index in [0.717, 1.165) is 16.5 Å². The minimum Gasteiger partial charge on any atom is -0.464 e. The van der Waals surface area contributed by atoms with Gasteiger partial charge in [0.05, 0.1) is 5.56 Å². The van der Waals surface area contributed by atoms with Crippen LogP contribution in [0.25, 0.3) is 22.4 Å². The van der Waals surface area contributed by atoms with Crippen LogP contribution < -0.4 is 0 Å². The molecule has 0 fully saturated rings. The van der Waals surface area contributed by atoms with Gasteiger partial charge in [0, 0.05) is 5.39 Å². The summed E-state index contributed by atoms with van der Waals surface area (Å²) in [6.45, 7) is -0.150. The molecule has 0 bridgehead atoms. The molecule has 0 radical (unpaired) electrons. The van der Waals surface area contributed by atoms with Crippen LogP contribution in [-0.4, -0.2) is 20.3 Å². The van der Waals surface area contributed by atoms with E-state index >= 15 is 0 Å². The van der Waals surface area contributed by atoms with Crippen molar-refractivity contribution in [2.45, 2.75) is 6.61 Å². The third-order valence-electron chi connectivity index (χ3n) is 2.40. The Morgan fingerprint density at radius 3 is 3.00 bits per heavy atom. The number of hydrogen-bond donors (Lipinski definition) is 2. The molecule has 0 aliphatic heterocycles. The monoisotopic (exact) mass is 215 g/mol. The number of benzene rings is 1. The van der Waals surface area contributed by atoms with Crippen molar-refractivity contribution in [1.29, 1.82) is 0 Å². The van der Waals surface area contributed by atoms with Gasteiger partial charge >= 0.3 is 0 Å². The molecule has 5 nitrogen and oxygen atoms in total. The van der Waals surface area contributed by atoms with Crippen LogP contribution in [0, 0.1) is 0 Å². The topological polar surface area (TPSA) is 74.9 Å². The van der Waals surface area contributed by atoms with E-state index in [1.165, 1.54) is 0 Å². The van der Waals surface area contributed by atoms with Crippen molar-refractivity contribution in [2.24, 2.45) is 0 Å². The second-order valence-electron chi connectivity index (χ2n) is 3.41. The average Bonchev–Trinajstić information content (AvgIpc) is 2.94. The summed E-state index contributed by atoms with van der Waals surface area (Å²) in [6, 6.07) is 7.68. The van der Waals surface area contributed by atoms with Gasteiger partial charge in [-0.1, -0.05) is 18.2 Å². The highest BCUT2D eigenvalue weighted by Crippen LogP contribution is 2.27. The van der Waals surface area contributed by atoms with Crippen molar-refractivity contribution >= 4 is 11.0 Å². The van der Waals surface area contributed by atoms with E-state index in [4.69, 9.17) is 9.52 Å². The van der Waals surface area contributed by atoms with Crippen LogP contribution in [0.3, 0.4) is 0 Å². The van der Waals surface area contributed by atoms with Gasteiger partial charge in [0.15, 0.2) is 11.6 Å². The van der Waals surface area contributed by atoms with Crippen molar-refractivity contribution in [3.8, 4) is 11.4 Å². The van der Waals surface area contributed by atoms with Gasteiger partial charge in [-0.05, 0) is 6.07 Å². The third-order valence-corrected chi connectivity index (χ3v) is 2.40. The van der Waals surface area contributed by atoms with E-state index in [1.54, 1.807) is 6.26 Å². The van der Waals surface area contributed by atoms with E-state index in [-0.39, 0.29) is 6.61 Å². The molecule has 0 aliphatic rings. The Labute approximate surface area is 90.7 Å². The molecule has 0 saturated heterocycles. The molecule has 0 aliphatic carbocycles. The Balaban J connectivity index is 2.18. The van der Waals surface area contributed by atoms with Crippen LogP contribution in [0.15, 0.2) is 34.9 Å². The lowest BCUT2D eigenvalue weighted by Gasteiger charge is -1.89. The van der Waals surface area contributed by atoms with Crippen LogP contribution in [0.5, 0.6) is 0 Å². The summed E-state index contributed by atoms with van der Waals surface area (Å²) in [4.78, 5) is 4.14. The molecule has 2 N–H and O–H groups in total. The molecule has 0 amide bonds. The first-order valence-corrected chi connectivity index (χ1v) is 4.87. The highest BCUT2D eigenvalue weighted by Gasteiger charge is 2.11. The van der Waals surface area contributed by atoms with E-state index in [1.807, 2.05) is 24.3 Å². The molecule has 3 aromatic rings. The smallest absolute Gasteiger partial charge is 0.185 e. The molecule has 0 spiro atoms. The molecule has 16 heavy (non-hydrogen) atoms. The zero-order valence-corrected chi connectivity index (χ0v) is 8.34. The minimum absolute atomic E-state index is 0.150. The molecule has 1 aromatic carbocycles. The normalized spacial score (nSPS) is 11.1. The van der Waals surface area contributed by atoms with Crippen LogP contribution in [0.1, 0.15) is 5.82 Å². The Hall–Kier alpha value is -2.14. The Morgan fingerprint density at radius 1 is 1.31 bits per heavy atom. The van der Waals surface area contributed by atoms with Gasteiger partial charge in [0.1, 0.15) is 18.5 Å². The van der Waals surface area contributed by atoms with Gasteiger partial charge in [-0.3, -0.25) is 5.10 Å². The maximum Gasteiger partial charge on any atom is 0.185 e. The number of hydrogen-bond acceptors (Lipinski definition) is 4. The first kappa shape index (κ1) is 9.11. The van der Waals surface area contributed by atoms with E-state index in [9.17, 15) is 0 Å². The summed E-state index contributed by atoms with van der Waals surface area (Å²) in [5.74, 6) is 0.981. The SMILES string of the molecule is OCc1nc(-c2coc3ccccc23)n[nH]1. The number of aliphatic hydroxyl groups is 1. The molecule has 0 unspecified atom stereocenters. The van der Waals surface area contributed by atoms with Crippen molar-refractivity contribution < 1.29 is 9.52 Å². The van der Waals surface area contributed by atoms with Gasteiger partial charge in [-0.2, -0.15) is 5.10 Å². The number of rotatable bonds is 2. The van der Waals surface area contributed by atoms with Gasteiger partial charge in [0.25, 0.3) is 0 Å². The number of para-hydroxylation sites is 1. The van der Waals surface area contributed by atoms with Gasteiger partial charge < -0.3 is 9.52 Å². The summed E-state index contributed by atoms with van der Waals surface area (Å²) in [5, 5.41) is 16.5. The molecular formula is C11H9N3O2. The Morgan fingerprint density at radius 2 is 2.19 bits per heavy atom. The minimum atomic E-state index is -0.150. The molecule has 0 saturated carbocycles. The van der Waals surface area contributed by atoms with E-state index in [2.05, 4.69) is 15.2 Å². The van der Waals surface area contributed by atoms with Gasteiger partial charge in [0.2, 0.25) is 0 Å². The fourth-order valence-corrected chi connectivity index (χ4v) is 1.64. The Kier molecular flexibility index (Phi) is 1.97. The summed E-state index contributed by atoms with van der Waals surface area (Å²) in [6.07, 6.45) is 1.62. The maximum atomic E-state index is 8.90. The summed E-state index contributed by atoms with van der Waals surface area (Å²) >= 11 is 0. The van der Waals surface area contributed by atoms with Crippen molar-refractivity contribution in [3.63, 3.8) is 0 Å². The largest absolute Gasteiger partial charge is 0.464 e. The van der Waals surface area contributed by atoms with Crippen LogP contribution in [-0.2, 0) is 6.61 Å². The predicted molar refractivity (Wildman–Crippen MR) is 57.5 cm³/mol. The average molecular weight is 215 g/mol. The molecule has 2 aromatic heterocycles. The standard InChI is InChI=1S/C11H9N3O2/c15-5-10-12-11(14-13-10)8-6-16-9-4-2-1-3-7(8)9/h1-4,6,15H,5H2,(H,12,13,14). The third kappa shape index (κ3) is 1.30. The zero-order valence-electron chi connectivity index (χ0n) is 8.34. The number of nitrogens with zero attached hydrogens (tertiary/aromatic N) is 2. The van der Waals surface area contributed by atoms with Crippen LogP contribution in [0.2, 0.25) is 0 Å². The highest BCUT2D eigenvalue weighted by molar-refractivity contribution is 5.91. The number of aromatic amines is 1. The van der Waals surface area contributed by atoms with E-state index in [0.29, 0.717) is 11.6 Å². The fourth-order valence-electron chi connectivity index (χ4n) is 1.64. The van der Waals surface area contributed by atoms with Gasteiger partial charge in [-0.25, -0.2) is 4.98 Å². The number of aliphatic hydroxyl groups excluding tert-OH is 1. The number of nitrogens with one attached hydrogen (secondary N) is 1. The predicted octanol–water partition coefficient (Wildman–Crippen LogP) is 1.71. The quantitative estimate of drug-likeness (QED) is 0.682.